The van der Waals surface area contributed by atoms with Crippen LogP contribution in [0.15, 0.2) is 152 Å². The maximum Gasteiger partial charge on any atom is 0.287 e. The molecule has 0 aliphatic carbocycles. The van der Waals surface area contributed by atoms with Crippen molar-refractivity contribution in [2.75, 3.05) is 0 Å². The molecular formula is C52H50N8O7. The van der Waals surface area contributed by atoms with Gasteiger partial charge in [0.2, 0.25) is 11.6 Å². The SMILES string of the molecule is Cc1cc(C(=O)NC(Cc2ccccc2)C(=O)C(N)=O)n(-c2ccc(COc3ccc(CC(C)(C)c4cc(C(=O)NC(Cc5ccccc5)C(=O)C(N)=O)n(-c5ccccc5)n4)cc3)cc2)n1. The van der Waals surface area contributed by atoms with Crippen LogP contribution in [0.5, 0.6) is 5.75 Å². The van der Waals surface area contributed by atoms with Crippen LogP contribution in [0.4, 0.5) is 0 Å². The van der Waals surface area contributed by atoms with Gasteiger partial charge >= 0.3 is 0 Å². The highest BCUT2D eigenvalue weighted by molar-refractivity contribution is 6.38. The second-order valence-corrected chi connectivity index (χ2v) is 16.8. The molecule has 340 valence electrons. The maximum atomic E-state index is 14.0. The molecule has 2 heterocycles. The van der Waals surface area contributed by atoms with Gasteiger partial charge in [-0.1, -0.05) is 117 Å². The van der Waals surface area contributed by atoms with Gasteiger partial charge in [0.15, 0.2) is 0 Å². The highest BCUT2D eigenvalue weighted by Crippen LogP contribution is 2.30. The van der Waals surface area contributed by atoms with Crippen LogP contribution in [0.1, 0.15) is 68.5 Å². The molecular weight excluding hydrogens is 849 g/mol. The van der Waals surface area contributed by atoms with E-state index in [-0.39, 0.29) is 30.8 Å². The van der Waals surface area contributed by atoms with Crippen molar-refractivity contribution in [1.82, 2.24) is 30.2 Å². The number of amides is 4. The molecule has 2 unspecified atom stereocenters. The Balaban J connectivity index is 1.00. The minimum Gasteiger partial charge on any atom is -0.489 e. The molecule has 7 rings (SSSR count). The first-order chi connectivity index (χ1) is 32.1. The van der Waals surface area contributed by atoms with Crippen LogP contribution in [-0.4, -0.2) is 66.8 Å². The number of nitrogens with zero attached hydrogens (tertiary/aromatic N) is 4. The van der Waals surface area contributed by atoms with Crippen molar-refractivity contribution in [3.8, 4) is 17.1 Å². The summed E-state index contributed by atoms with van der Waals surface area (Å²) in [6, 6.07) is 43.3. The Morgan fingerprint density at radius 3 is 1.52 bits per heavy atom. The molecule has 0 aliphatic heterocycles. The summed E-state index contributed by atoms with van der Waals surface area (Å²) < 4.78 is 9.15. The number of aryl methyl sites for hydroxylation is 1. The van der Waals surface area contributed by atoms with E-state index in [0.29, 0.717) is 34.9 Å². The van der Waals surface area contributed by atoms with E-state index in [0.717, 1.165) is 22.3 Å². The Hall–Kier alpha value is -8.46. The molecule has 0 fully saturated rings. The molecule has 0 spiro atoms. The monoisotopic (exact) mass is 898 g/mol. The van der Waals surface area contributed by atoms with E-state index in [2.05, 4.69) is 15.7 Å². The minimum atomic E-state index is -1.18. The van der Waals surface area contributed by atoms with E-state index in [4.69, 9.17) is 21.3 Å². The second kappa shape index (κ2) is 20.6. The number of carbonyl (C=O) groups is 6. The number of benzene rings is 5. The van der Waals surface area contributed by atoms with Gasteiger partial charge in [-0.2, -0.15) is 10.2 Å². The van der Waals surface area contributed by atoms with Crippen molar-refractivity contribution in [3.05, 3.63) is 197 Å². The molecule has 15 heteroatoms. The van der Waals surface area contributed by atoms with Crippen LogP contribution >= 0.6 is 0 Å². The van der Waals surface area contributed by atoms with Crippen LogP contribution in [0, 0.1) is 6.92 Å². The Labute approximate surface area is 387 Å². The molecule has 6 N–H and O–H groups in total. The number of nitrogens with two attached hydrogens (primary N) is 2. The molecule has 0 saturated heterocycles. The van der Waals surface area contributed by atoms with Gasteiger partial charge in [0.25, 0.3) is 23.6 Å². The smallest absolute Gasteiger partial charge is 0.287 e. The first kappa shape index (κ1) is 46.5. The summed E-state index contributed by atoms with van der Waals surface area (Å²) in [7, 11) is 0. The highest BCUT2D eigenvalue weighted by atomic mass is 16.5. The van der Waals surface area contributed by atoms with E-state index in [1.165, 1.54) is 9.36 Å². The lowest BCUT2D eigenvalue weighted by molar-refractivity contribution is -0.137. The fourth-order valence-corrected chi connectivity index (χ4v) is 7.63. The molecule has 0 bridgehead atoms. The fraction of sp³-hybridized carbons (Fsp3) is 0.192. The van der Waals surface area contributed by atoms with Gasteiger partial charge in [0, 0.05) is 18.3 Å². The number of aromatic nitrogens is 4. The number of nitrogens with one attached hydrogen (secondary N) is 2. The third-order valence-electron chi connectivity index (χ3n) is 11.2. The van der Waals surface area contributed by atoms with Gasteiger partial charge < -0.3 is 26.8 Å². The Bertz CT molecular complexity index is 2890. The van der Waals surface area contributed by atoms with Gasteiger partial charge in [-0.25, -0.2) is 9.36 Å². The largest absolute Gasteiger partial charge is 0.489 e. The van der Waals surface area contributed by atoms with Crippen molar-refractivity contribution in [2.45, 2.75) is 64.1 Å². The third kappa shape index (κ3) is 11.6. The third-order valence-corrected chi connectivity index (χ3v) is 11.2. The summed E-state index contributed by atoms with van der Waals surface area (Å²) in [6.45, 7) is 6.07. The van der Waals surface area contributed by atoms with Crippen LogP contribution < -0.4 is 26.8 Å². The zero-order valence-electron chi connectivity index (χ0n) is 37.2. The first-order valence-corrected chi connectivity index (χ1v) is 21.6. The summed E-state index contributed by atoms with van der Waals surface area (Å²) in [5, 5.41) is 14.8. The van der Waals surface area contributed by atoms with Gasteiger partial charge in [-0.05, 0) is 84.1 Å². The van der Waals surface area contributed by atoms with Crippen LogP contribution in [0.2, 0.25) is 0 Å². The zero-order chi connectivity index (χ0) is 47.7. The van der Waals surface area contributed by atoms with Crippen molar-refractivity contribution < 1.29 is 33.5 Å². The van der Waals surface area contributed by atoms with E-state index in [9.17, 15) is 28.8 Å². The number of hydrogen-bond donors (Lipinski definition) is 4. The van der Waals surface area contributed by atoms with Crippen molar-refractivity contribution in [3.63, 3.8) is 0 Å². The van der Waals surface area contributed by atoms with Gasteiger partial charge in [0.1, 0.15) is 35.8 Å². The molecule has 5 aromatic carbocycles. The molecule has 4 amide bonds. The zero-order valence-corrected chi connectivity index (χ0v) is 37.2. The van der Waals surface area contributed by atoms with Crippen LogP contribution in [0.25, 0.3) is 11.4 Å². The molecule has 15 nitrogen and oxygen atoms in total. The summed E-state index contributed by atoms with van der Waals surface area (Å²) in [5.74, 6) is -4.61. The number of ketones is 2. The lowest BCUT2D eigenvalue weighted by Gasteiger charge is -2.22. The maximum absolute atomic E-state index is 14.0. The summed E-state index contributed by atoms with van der Waals surface area (Å²) in [6.07, 6.45) is 0.725. The van der Waals surface area contributed by atoms with E-state index in [1.54, 1.807) is 67.6 Å². The van der Waals surface area contributed by atoms with Crippen molar-refractivity contribution >= 4 is 35.2 Å². The summed E-state index contributed by atoms with van der Waals surface area (Å²) in [5.41, 5.74) is 16.3. The topological polar surface area (TPSA) is 223 Å². The molecule has 0 aliphatic rings. The average Bonchev–Trinajstić information content (AvgIpc) is 3.97. The normalized spacial score (nSPS) is 12.1. The van der Waals surface area contributed by atoms with E-state index in [1.807, 2.05) is 105 Å². The lowest BCUT2D eigenvalue weighted by atomic mass is 9.82. The molecule has 2 aromatic heterocycles. The summed E-state index contributed by atoms with van der Waals surface area (Å²) >= 11 is 0. The molecule has 0 radical (unpaired) electrons. The number of Topliss-reactive ketones (excluding diaryl/α,β-unsaturated/α-hetero) is 2. The number of rotatable bonds is 20. The number of hydrogen-bond acceptors (Lipinski definition) is 9. The van der Waals surface area contributed by atoms with Crippen LogP contribution in [-0.2, 0) is 50.5 Å². The Kier molecular flexibility index (Phi) is 14.3. The van der Waals surface area contributed by atoms with Gasteiger partial charge in [0.05, 0.1) is 22.8 Å². The van der Waals surface area contributed by atoms with Crippen molar-refractivity contribution in [2.24, 2.45) is 11.5 Å². The van der Waals surface area contributed by atoms with E-state index >= 15 is 0 Å². The molecule has 0 saturated carbocycles. The van der Waals surface area contributed by atoms with E-state index < -0.39 is 52.7 Å². The van der Waals surface area contributed by atoms with Gasteiger partial charge in [-0.3, -0.25) is 28.8 Å². The van der Waals surface area contributed by atoms with Gasteiger partial charge in [-0.15, -0.1) is 0 Å². The molecule has 67 heavy (non-hydrogen) atoms. The number of primary amides is 2. The first-order valence-electron chi connectivity index (χ1n) is 21.6. The predicted molar refractivity (Wildman–Crippen MR) is 251 cm³/mol. The predicted octanol–water partition coefficient (Wildman–Crippen LogP) is 5.26. The molecule has 7 aromatic rings. The van der Waals surface area contributed by atoms with Crippen LogP contribution in [0.3, 0.4) is 0 Å². The Morgan fingerprint density at radius 1 is 0.567 bits per heavy atom. The fourth-order valence-electron chi connectivity index (χ4n) is 7.63. The minimum absolute atomic E-state index is 0.0804. The lowest BCUT2D eigenvalue weighted by Crippen LogP contribution is -2.47. The summed E-state index contributed by atoms with van der Waals surface area (Å²) in [4.78, 5) is 77.0. The molecule has 2 atom stereocenters. The number of carbonyl (C=O) groups excluding carboxylic acids is 6. The van der Waals surface area contributed by atoms with Crippen molar-refractivity contribution in [1.29, 1.82) is 0 Å². The number of ether oxygens (including phenoxy) is 1. The highest BCUT2D eigenvalue weighted by Gasteiger charge is 2.32. The average molecular weight is 899 g/mol. The quantitative estimate of drug-likeness (QED) is 0.0732. The number of para-hydroxylation sites is 1. The Morgan fingerprint density at radius 2 is 1.01 bits per heavy atom. The standard InChI is InChI=1S/C52H50N8O7/c1-33-27-43(50(65)55-41(46(61)48(53)63)28-34-13-7-4-8-14-34)59(57-33)39-23-19-37(20-24-39)32-67-40-25-21-36(22-26-40)31-52(2,3)45-30-44(60(58-45)38-17-11-6-12-18-38)51(66)56-42(47(62)49(54)64)29-35-15-9-5-10-16-35/h4-27,30,41-42H,28-29,31-32H2,1-3H3,(H2,53,63)(H2,54,64)(H,55,65)(H,56,66). The second-order valence-electron chi connectivity index (χ2n) is 16.8.